The number of hydrogen-bond acceptors (Lipinski definition) is 4. The second-order valence-electron chi connectivity index (χ2n) is 4.89. The summed E-state index contributed by atoms with van der Waals surface area (Å²) in [7, 11) is 0. The number of rotatable bonds is 2. The summed E-state index contributed by atoms with van der Waals surface area (Å²) in [4.78, 5) is 10.5. The summed E-state index contributed by atoms with van der Waals surface area (Å²) < 4.78 is 28.2. The molecule has 0 saturated heterocycles. The monoisotopic (exact) mass is 388 g/mol. The van der Waals surface area contributed by atoms with Gasteiger partial charge in [-0.2, -0.15) is 0 Å². The molecule has 0 bridgehead atoms. The van der Waals surface area contributed by atoms with E-state index in [9.17, 15) is 8.78 Å². The molecule has 0 radical (unpaired) electrons. The highest BCUT2D eigenvalue weighted by molar-refractivity contribution is 9.10. The van der Waals surface area contributed by atoms with Crippen molar-refractivity contribution in [1.29, 1.82) is 0 Å². The number of fused-ring (bicyclic) bond motifs is 1. The SMILES string of the molecule is Fc1ccc(F)c(CN2CCCNc3ncc(Br)nc32)c1Cl. The fraction of sp³-hybridized carbons (Fsp3) is 0.286. The van der Waals surface area contributed by atoms with E-state index in [4.69, 9.17) is 11.6 Å². The van der Waals surface area contributed by atoms with Gasteiger partial charge in [-0.25, -0.2) is 18.7 Å². The maximum absolute atomic E-state index is 14.0. The van der Waals surface area contributed by atoms with Crippen LogP contribution in [0.1, 0.15) is 12.0 Å². The standard InChI is InChI=1S/C14H12BrClF2N4/c15-11-6-20-13-14(21-11)22(5-1-4-19-13)7-8-9(17)2-3-10(18)12(8)16/h2-3,6H,1,4-5,7H2,(H,19,20). The second-order valence-corrected chi connectivity index (χ2v) is 6.08. The van der Waals surface area contributed by atoms with Crippen molar-refractivity contribution in [3.63, 3.8) is 0 Å². The van der Waals surface area contributed by atoms with Crippen LogP contribution in [0.2, 0.25) is 5.02 Å². The molecule has 0 unspecified atom stereocenters. The van der Waals surface area contributed by atoms with Crippen LogP contribution in [0.4, 0.5) is 20.4 Å². The summed E-state index contributed by atoms with van der Waals surface area (Å²) in [5, 5.41) is 2.98. The van der Waals surface area contributed by atoms with Gasteiger partial charge >= 0.3 is 0 Å². The third-order valence-corrected chi connectivity index (χ3v) is 4.20. The molecule has 1 aromatic heterocycles. The van der Waals surface area contributed by atoms with Crippen molar-refractivity contribution < 1.29 is 8.78 Å². The quantitative estimate of drug-likeness (QED) is 0.789. The van der Waals surface area contributed by atoms with Gasteiger partial charge in [0.25, 0.3) is 0 Å². The molecular weight excluding hydrogens is 378 g/mol. The summed E-state index contributed by atoms with van der Waals surface area (Å²) in [5.41, 5.74) is 0.122. The van der Waals surface area contributed by atoms with E-state index < -0.39 is 11.6 Å². The average Bonchev–Trinajstić information content (AvgIpc) is 2.70. The Labute approximate surface area is 139 Å². The van der Waals surface area contributed by atoms with Crippen molar-refractivity contribution in [1.82, 2.24) is 9.97 Å². The summed E-state index contributed by atoms with van der Waals surface area (Å²) in [5.74, 6) is 0.0416. The average molecular weight is 390 g/mol. The van der Waals surface area contributed by atoms with Gasteiger partial charge in [0, 0.05) is 25.2 Å². The molecule has 0 spiro atoms. The zero-order valence-electron chi connectivity index (χ0n) is 11.4. The van der Waals surface area contributed by atoms with Crippen LogP contribution in [0, 0.1) is 11.6 Å². The summed E-state index contributed by atoms with van der Waals surface area (Å²) in [6.07, 6.45) is 2.41. The lowest BCUT2D eigenvalue weighted by molar-refractivity contribution is 0.580. The number of aromatic nitrogens is 2. The number of nitrogens with zero attached hydrogens (tertiary/aromatic N) is 3. The minimum atomic E-state index is -0.633. The highest BCUT2D eigenvalue weighted by Gasteiger charge is 2.22. The third-order valence-electron chi connectivity index (χ3n) is 3.41. The van der Waals surface area contributed by atoms with Crippen molar-refractivity contribution in [2.24, 2.45) is 0 Å². The summed E-state index contributed by atoms with van der Waals surface area (Å²) in [6.45, 7) is 1.50. The molecular formula is C14H12BrClF2N4. The molecule has 0 aliphatic carbocycles. The van der Waals surface area contributed by atoms with Crippen LogP contribution in [0.25, 0.3) is 0 Å². The van der Waals surface area contributed by atoms with E-state index in [1.54, 1.807) is 6.20 Å². The van der Waals surface area contributed by atoms with Crippen LogP contribution in [-0.4, -0.2) is 23.1 Å². The second kappa shape index (κ2) is 6.34. The van der Waals surface area contributed by atoms with E-state index in [-0.39, 0.29) is 17.1 Å². The van der Waals surface area contributed by atoms with Crippen molar-refractivity contribution >= 4 is 39.2 Å². The van der Waals surface area contributed by atoms with Gasteiger partial charge in [-0.05, 0) is 34.5 Å². The number of halogens is 4. The zero-order valence-corrected chi connectivity index (χ0v) is 13.8. The fourth-order valence-corrected chi connectivity index (χ4v) is 2.83. The van der Waals surface area contributed by atoms with Crippen molar-refractivity contribution in [3.05, 3.63) is 45.2 Å². The Kier molecular flexibility index (Phi) is 4.44. The molecule has 2 aromatic rings. The summed E-state index contributed by atoms with van der Waals surface area (Å²) in [6, 6.07) is 2.11. The van der Waals surface area contributed by atoms with Gasteiger partial charge in [0.2, 0.25) is 0 Å². The molecule has 2 heterocycles. The van der Waals surface area contributed by atoms with Crippen molar-refractivity contribution in [2.75, 3.05) is 23.3 Å². The van der Waals surface area contributed by atoms with E-state index in [1.165, 1.54) is 0 Å². The largest absolute Gasteiger partial charge is 0.367 e. The molecule has 116 valence electrons. The first kappa shape index (κ1) is 15.4. The molecule has 0 fully saturated rings. The highest BCUT2D eigenvalue weighted by atomic mass is 79.9. The Bertz CT molecular complexity index is 713. The normalized spacial score (nSPS) is 14.3. The third kappa shape index (κ3) is 3.01. The van der Waals surface area contributed by atoms with E-state index in [0.717, 1.165) is 25.1 Å². The van der Waals surface area contributed by atoms with Gasteiger partial charge in [-0.15, -0.1) is 0 Å². The molecule has 4 nitrogen and oxygen atoms in total. The first-order chi connectivity index (χ1) is 10.6. The van der Waals surface area contributed by atoms with E-state index >= 15 is 0 Å². The molecule has 0 amide bonds. The van der Waals surface area contributed by atoms with Gasteiger partial charge in [0.15, 0.2) is 11.6 Å². The first-order valence-electron chi connectivity index (χ1n) is 6.70. The topological polar surface area (TPSA) is 41.0 Å². The minimum absolute atomic E-state index is 0.122. The Morgan fingerprint density at radius 3 is 2.91 bits per heavy atom. The van der Waals surface area contributed by atoms with Crippen LogP contribution in [-0.2, 0) is 6.54 Å². The fourth-order valence-electron chi connectivity index (χ4n) is 2.35. The first-order valence-corrected chi connectivity index (χ1v) is 7.87. The molecule has 1 N–H and O–H groups in total. The van der Waals surface area contributed by atoms with Gasteiger partial charge in [0.05, 0.1) is 11.2 Å². The Hall–Kier alpha value is -1.47. The van der Waals surface area contributed by atoms with E-state index in [1.807, 2.05) is 4.90 Å². The predicted molar refractivity (Wildman–Crippen MR) is 85.3 cm³/mol. The van der Waals surface area contributed by atoms with Gasteiger partial charge in [0.1, 0.15) is 16.2 Å². The van der Waals surface area contributed by atoms with Crippen LogP contribution in [0.5, 0.6) is 0 Å². The maximum Gasteiger partial charge on any atom is 0.173 e. The zero-order chi connectivity index (χ0) is 15.7. The molecule has 0 saturated carbocycles. The number of benzene rings is 1. The Balaban J connectivity index is 2.00. The van der Waals surface area contributed by atoms with Gasteiger partial charge < -0.3 is 10.2 Å². The van der Waals surface area contributed by atoms with Crippen molar-refractivity contribution in [3.8, 4) is 0 Å². The molecule has 22 heavy (non-hydrogen) atoms. The molecule has 1 aliphatic rings. The summed E-state index contributed by atoms with van der Waals surface area (Å²) >= 11 is 9.20. The Morgan fingerprint density at radius 2 is 2.09 bits per heavy atom. The van der Waals surface area contributed by atoms with E-state index in [0.29, 0.717) is 22.8 Å². The maximum atomic E-state index is 14.0. The van der Waals surface area contributed by atoms with Crippen LogP contribution in [0.3, 0.4) is 0 Å². The number of nitrogens with one attached hydrogen (secondary N) is 1. The van der Waals surface area contributed by atoms with Gasteiger partial charge in [-0.3, -0.25) is 0 Å². The highest BCUT2D eigenvalue weighted by Crippen LogP contribution is 2.30. The smallest absolute Gasteiger partial charge is 0.173 e. The lowest BCUT2D eigenvalue weighted by Gasteiger charge is -2.23. The molecule has 1 aliphatic heterocycles. The van der Waals surface area contributed by atoms with Crippen LogP contribution >= 0.6 is 27.5 Å². The number of hydrogen-bond donors (Lipinski definition) is 1. The Morgan fingerprint density at radius 1 is 1.32 bits per heavy atom. The predicted octanol–water partition coefficient (Wildman–Crippen LogP) is 3.99. The lowest BCUT2D eigenvalue weighted by Crippen LogP contribution is -2.25. The van der Waals surface area contributed by atoms with Crippen LogP contribution < -0.4 is 10.2 Å². The van der Waals surface area contributed by atoms with E-state index in [2.05, 4.69) is 31.2 Å². The van der Waals surface area contributed by atoms with Crippen LogP contribution in [0.15, 0.2) is 22.9 Å². The molecule has 8 heteroatoms. The van der Waals surface area contributed by atoms with Gasteiger partial charge in [-0.1, -0.05) is 11.6 Å². The lowest BCUT2D eigenvalue weighted by atomic mass is 10.2. The van der Waals surface area contributed by atoms with Crippen molar-refractivity contribution in [2.45, 2.75) is 13.0 Å². The number of anilines is 2. The molecule has 1 aromatic carbocycles. The molecule has 0 atom stereocenters. The minimum Gasteiger partial charge on any atom is -0.367 e. The molecule has 3 rings (SSSR count).